The van der Waals surface area contributed by atoms with Crippen molar-refractivity contribution in [3.05, 3.63) is 132 Å². The highest BCUT2D eigenvalue weighted by molar-refractivity contribution is 6.16. The number of nitrogens with zero attached hydrogens (tertiary/aromatic N) is 2. The van der Waals surface area contributed by atoms with Gasteiger partial charge in [-0.1, -0.05) is 103 Å². The summed E-state index contributed by atoms with van der Waals surface area (Å²) < 4.78 is 6.65. The minimum absolute atomic E-state index is 0.700. The molecule has 0 fully saturated rings. The Morgan fingerprint density at radius 1 is 0.538 bits per heavy atom. The maximum Gasteiger partial charge on any atom is 0.160 e. The Labute approximate surface area is 226 Å². The number of hydrogen-bond acceptors (Lipinski definition) is 3. The highest BCUT2D eigenvalue weighted by atomic mass is 16.3. The Morgan fingerprint density at radius 3 is 2.08 bits per heavy atom. The molecule has 0 atom stereocenters. The second-order valence-electron chi connectivity index (χ2n) is 10.1. The minimum Gasteiger partial charge on any atom is -0.455 e. The summed E-state index contributed by atoms with van der Waals surface area (Å²) in [6.45, 7) is 0. The first-order chi connectivity index (χ1) is 19.3. The quantitative estimate of drug-likeness (QED) is 0.243. The molecule has 0 aliphatic heterocycles. The summed E-state index contributed by atoms with van der Waals surface area (Å²) in [6.07, 6.45) is 2.11. The SMILES string of the molecule is c1ccc(-c2cc(-c3cccc4c3oc3ccc5c(c34)-c3ccccc3CC5)nc(-c3ccccc3)n2)cc1. The van der Waals surface area contributed by atoms with Gasteiger partial charge in [-0.25, -0.2) is 9.97 Å². The lowest BCUT2D eigenvalue weighted by molar-refractivity contribution is 0.669. The van der Waals surface area contributed by atoms with E-state index in [1.54, 1.807) is 0 Å². The number of aryl methyl sites for hydroxylation is 2. The van der Waals surface area contributed by atoms with Crippen molar-refractivity contribution >= 4 is 21.9 Å². The molecule has 39 heavy (non-hydrogen) atoms. The average molecular weight is 501 g/mol. The van der Waals surface area contributed by atoms with Crippen LogP contribution in [-0.2, 0) is 12.8 Å². The van der Waals surface area contributed by atoms with Crippen LogP contribution in [0.1, 0.15) is 11.1 Å². The molecule has 0 unspecified atom stereocenters. The highest BCUT2D eigenvalue weighted by Crippen LogP contribution is 2.45. The molecule has 1 aliphatic rings. The van der Waals surface area contributed by atoms with E-state index in [9.17, 15) is 0 Å². The summed E-state index contributed by atoms with van der Waals surface area (Å²) in [6, 6.07) is 42.1. The Balaban J connectivity index is 1.40. The van der Waals surface area contributed by atoms with E-state index in [2.05, 4.69) is 84.9 Å². The summed E-state index contributed by atoms with van der Waals surface area (Å²) in [5.41, 5.74) is 11.9. The maximum absolute atomic E-state index is 6.65. The molecule has 3 nitrogen and oxygen atoms in total. The van der Waals surface area contributed by atoms with Crippen LogP contribution < -0.4 is 0 Å². The van der Waals surface area contributed by atoms with Crippen LogP contribution in [0.2, 0.25) is 0 Å². The van der Waals surface area contributed by atoms with Crippen LogP contribution in [0.5, 0.6) is 0 Å². The van der Waals surface area contributed by atoms with E-state index >= 15 is 0 Å². The van der Waals surface area contributed by atoms with E-state index in [1.165, 1.54) is 27.6 Å². The molecule has 0 radical (unpaired) electrons. The molecule has 0 saturated carbocycles. The minimum atomic E-state index is 0.700. The van der Waals surface area contributed by atoms with Crippen molar-refractivity contribution in [3.8, 4) is 45.0 Å². The standard InChI is InChI=1S/C36H24N2O/c1-3-11-24(12-4-1)30-22-31(38-36(37-30)26-13-5-2-6-14-26)28-16-9-17-29-34-32(39-35(28)29)21-20-25-19-18-23-10-7-8-15-27(23)33(25)34/h1-17,20-22H,18-19H2. The summed E-state index contributed by atoms with van der Waals surface area (Å²) >= 11 is 0. The predicted octanol–water partition coefficient (Wildman–Crippen LogP) is 9.14. The zero-order valence-corrected chi connectivity index (χ0v) is 21.3. The van der Waals surface area contributed by atoms with Gasteiger partial charge < -0.3 is 4.42 Å². The van der Waals surface area contributed by atoms with Crippen LogP contribution in [0, 0.1) is 0 Å². The van der Waals surface area contributed by atoms with E-state index < -0.39 is 0 Å². The monoisotopic (exact) mass is 500 g/mol. The van der Waals surface area contributed by atoms with Gasteiger partial charge in [0.05, 0.1) is 11.4 Å². The number of para-hydroxylation sites is 1. The fourth-order valence-corrected chi connectivity index (χ4v) is 5.96. The summed E-state index contributed by atoms with van der Waals surface area (Å²) in [5.74, 6) is 0.700. The van der Waals surface area contributed by atoms with Gasteiger partial charge in [0.25, 0.3) is 0 Å². The van der Waals surface area contributed by atoms with Crippen LogP contribution >= 0.6 is 0 Å². The maximum atomic E-state index is 6.65. The Morgan fingerprint density at radius 2 is 1.23 bits per heavy atom. The molecule has 5 aromatic carbocycles. The van der Waals surface area contributed by atoms with E-state index in [0.717, 1.165) is 57.5 Å². The highest BCUT2D eigenvalue weighted by Gasteiger charge is 2.23. The smallest absolute Gasteiger partial charge is 0.160 e. The molecular weight excluding hydrogens is 476 g/mol. The molecule has 0 N–H and O–H groups in total. The topological polar surface area (TPSA) is 38.9 Å². The van der Waals surface area contributed by atoms with Gasteiger partial charge in [-0.3, -0.25) is 0 Å². The van der Waals surface area contributed by atoms with Gasteiger partial charge in [0.1, 0.15) is 11.2 Å². The average Bonchev–Trinajstić information content (AvgIpc) is 3.41. The number of rotatable bonds is 3. The molecule has 7 aromatic rings. The van der Waals surface area contributed by atoms with Crippen LogP contribution in [0.15, 0.2) is 126 Å². The number of furan rings is 1. The molecule has 2 aromatic heterocycles. The fourth-order valence-electron chi connectivity index (χ4n) is 5.96. The molecule has 0 saturated heterocycles. The van der Waals surface area contributed by atoms with Gasteiger partial charge in [0, 0.05) is 27.5 Å². The van der Waals surface area contributed by atoms with Crippen LogP contribution in [0.3, 0.4) is 0 Å². The zero-order chi connectivity index (χ0) is 25.8. The van der Waals surface area contributed by atoms with E-state index in [-0.39, 0.29) is 0 Å². The molecule has 0 bridgehead atoms. The van der Waals surface area contributed by atoms with Gasteiger partial charge in [0.15, 0.2) is 5.82 Å². The van der Waals surface area contributed by atoms with Gasteiger partial charge in [0.2, 0.25) is 0 Å². The molecular formula is C36H24N2O. The van der Waals surface area contributed by atoms with Crippen LogP contribution in [0.4, 0.5) is 0 Å². The normalized spacial score (nSPS) is 12.4. The second kappa shape index (κ2) is 8.78. The number of benzene rings is 5. The van der Waals surface area contributed by atoms with Crippen molar-refractivity contribution in [2.75, 3.05) is 0 Å². The molecule has 0 amide bonds. The lowest BCUT2D eigenvalue weighted by Crippen LogP contribution is -2.03. The van der Waals surface area contributed by atoms with Crippen molar-refractivity contribution in [1.82, 2.24) is 9.97 Å². The predicted molar refractivity (Wildman–Crippen MR) is 158 cm³/mol. The second-order valence-corrected chi connectivity index (χ2v) is 10.1. The largest absolute Gasteiger partial charge is 0.455 e. The third-order valence-electron chi connectivity index (χ3n) is 7.80. The Kier molecular flexibility index (Phi) is 4.95. The summed E-state index contributed by atoms with van der Waals surface area (Å²) in [5, 5.41) is 2.31. The summed E-state index contributed by atoms with van der Waals surface area (Å²) in [7, 11) is 0. The first kappa shape index (κ1) is 22.0. The molecule has 184 valence electrons. The van der Waals surface area contributed by atoms with Gasteiger partial charge in [-0.15, -0.1) is 0 Å². The van der Waals surface area contributed by atoms with Gasteiger partial charge >= 0.3 is 0 Å². The van der Waals surface area contributed by atoms with Crippen molar-refractivity contribution in [2.24, 2.45) is 0 Å². The summed E-state index contributed by atoms with van der Waals surface area (Å²) in [4.78, 5) is 10.0. The Hall–Kier alpha value is -5.02. The van der Waals surface area contributed by atoms with Crippen molar-refractivity contribution in [2.45, 2.75) is 12.8 Å². The fraction of sp³-hybridized carbons (Fsp3) is 0.0556. The van der Waals surface area contributed by atoms with Gasteiger partial charge in [-0.2, -0.15) is 0 Å². The van der Waals surface area contributed by atoms with E-state index in [1.807, 2.05) is 36.4 Å². The first-order valence-electron chi connectivity index (χ1n) is 13.4. The zero-order valence-electron chi connectivity index (χ0n) is 21.3. The van der Waals surface area contributed by atoms with Crippen molar-refractivity contribution in [1.29, 1.82) is 0 Å². The third-order valence-corrected chi connectivity index (χ3v) is 7.80. The van der Waals surface area contributed by atoms with Crippen LogP contribution in [0.25, 0.3) is 67.0 Å². The lowest BCUT2D eigenvalue weighted by Gasteiger charge is -2.20. The van der Waals surface area contributed by atoms with Crippen LogP contribution in [-0.4, -0.2) is 9.97 Å². The molecule has 2 heterocycles. The van der Waals surface area contributed by atoms with Crippen molar-refractivity contribution < 1.29 is 4.42 Å². The lowest BCUT2D eigenvalue weighted by atomic mass is 9.83. The third kappa shape index (κ3) is 3.58. The molecule has 1 aliphatic carbocycles. The Bertz CT molecular complexity index is 1950. The molecule has 0 spiro atoms. The number of fused-ring (bicyclic) bond motifs is 7. The molecule has 8 rings (SSSR count). The number of hydrogen-bond donors (Lipinski definition) is 0. The van der Waals surface area contributed by atoms with Gasteiger partial charge in [-0.05, 0) is 53.3 Å². The first-order valence-corrected chi connectivity index (χ1v) is 13.4. The van der Waals surface area contributed by atoms with Crippen molar-refractivity contribution in [3.63, 3.8) is 0 Å². The van der Waals surface area contributed by atoms with E-state index in [0.29, 0.717) is 5.82 Å². The number of aromatic nitrogens is 2. The molecule has 3 heteroatoms. The van der Waals surface area contributed by atoms with E-state index in [4.69, 9.17) is 14.4 Å².